The van der Waals surface area contributed by atoms with Gasteiger partial charge >= 0.3 is 0 Å². The van der Waals surface area contributed by atoms with Crippen molar-refractivity contribution >= 4 is 12.1 Å². The van der Waals surface area contributed by atoms with Crippen LogP contribution in [0.3, 0.4) is 0 Å². The highest BCUT2D eigenvalue weighted by molar-refractivity contribution is 5.93. The monoisotopic (exact) mass is 190 g/mol. The lowest BCUT2D eigenvalue weighted by Gasteiger charge is -2.38. The van der Waals surface area contributed by atoms with E-state index in [1.54, 1.807) is 6.08 Å². The van der Waals surface area contributed by atoms with Gasteiger partial charge in [-0.15, -0.1) is 0 Å². The highest BCUT2D eigenvalue weighted by Crippen LogP contribution is 2.46. The molecule has 0 fully saturated rings. The van der Waals surface area contributed by atoms with Gasteiger partial charge in [-0.3, -0.25) is 9.59 Å². The Hall–Kier alpha value is -1.18. The Morgan fingerprint density at radius 3 is 2.93 bits per heavy atom. The van der Waals surface area contributed by atoms with Gasteiger partial charge in [0.15, 0.2) is 5.78 Å². The molecular weight excluding hydrogens is 176 g/mol. The summed E-state index contributed by atoms with van der Waals surface area (Å²) in [5.74, 6) is 0.213. The average Bonchev–Trinajstić information content (AvgIpc) is 2.18. The second-order valence-corrected chi connectivity index (χ2v) is 4.28. The summed E-state index contributed by atoms with van der Waals surface area (Å²) in [5, 5.41) is 0. The number of rotatable bonds is 1. The second-order valence-electron chi connectivity index (χ2n) is 4.28. The van der Waals surface area contributed by atoms with Crippen LogP contribution in [0.2, 0.25) is 0 Å². The van der Waals surface area contributed by atoms with Crippen LogP contribution in [-0.2, 0) is 9.59 Å². The van der Waals surface area contributed by atoms with Crippen molar-refractivity contribution in [2.75, 3.05) is 0 Å². The number of carbonyl (C=O) groups is 2. The van der Waals surface area contributed by atoms with E-state index in [2.05, 4.69) is 6.92 Å². The molecule has 0 N–H and O–H groups in total. The molecule has 2 rings (SSSR count). The summed E-state index contributed by atoms with van der Waals surface area (Å²) in [4.78, 5) is 22.2. The average molecular weight is 190 g/mol. The first-order valence-corrected chi connectivity index (χ1v) is 5.06. The van der Waals surface area contributed by atoms with Gasteiger partial charge in [0, 0.05) is 11.8 Å². The summed E-state index contributed by atoms with van der Waals surface area (Å²) in [6, 6.07) is 0. The highest BCUT2D eigenvalue weighted by atomic mass is 16.1. The van der Waals surface area contributed by atoms with Crippen molar-refractivity contribution in [1.82, 2.24) is 0 Å². The molecule has 0 aromatic heterocycles. The fourth-order valence-corrected chi connectivity index (χ4v) is 2.42. The molecular formula is C12H14O2. The zero-order valence-corrected chi connectivity index (χ0v) is 8.38. The zero-order valence-electron chi connectivity index (χ0n) is 8.38. The summed E-state index contributed by atoms with van der Waals surface area (Å²) < 4.78 is 0. The van der Waals surface area contributed by atoms with Crippen molar-refractivity contribution in [2.45, 2.75) is 32.6 Å². The van der Waals surface area contributed by atoms with E-state index in [1.165, 1.54) is 0 Å². The molecule has 0 aromatic rings. The van der Waals surface area contributed by atoms with E-state index in [0.717, 1.165) is 36.7 Å². The van der Waals surface area contributed by atoms with Crippen LogP contribution in [-0.4, -0.2) is 12.1 Å². The Bertz CT molecular complexity index is 349. The van der Waals surface area contributed by atoms with E-state index < -0.39 is 0 Å². The summed E-state index contributed by atoms with van der Waals surface area (Å²) in [6.07, 6.45) is 7.90. The maximum absolute atomic E-state index is 11.3. The standard InChI is InChI=1S/C12H14O2/c1-12-6-5-11(14)7-9(12)3-2-4-10(12)8-13/h4,7-8H,2-3,5-6H2,1H3. The van der Waals surface area contributed by atoms with Gasteiger partial charge in [-0.1, -0.05) is 18.6 Å². The molecule has 74 valence electrons. The third-order valence-corrected chi connectivity index (χ3v) is 3.46. The molecule has 0 saturated heterocycles. The van der Waals surface area contributed by atoms with Crippen LogP contribution in [0, 0.1) is 5.41 Å². The Morgan fingerprint density at radius 2 is 2.21 bits per heavy atom. The molecule has 0 heterocycles. The van der Waals surface area contributed by atoms with E-state index in [-0.39, 0.29) is 11.2 Å². The van der Waals surface area contributed by atoms with Crippen molar-refractivity contribution in [1.29, 1.82) is 0 Å². The van der Waals surface area contributed by atoms with Crippen LogP contribution < -0.4 is 0 Å². The normalized spacial score (nSPS) is 31.6. The van der Waals surface area contributed by atoms with E-state index in [1.807, 2.05) is 6.08 Å². The van der Waals surface area contributed by atoms with Crippen molar-refractivity contribution in [3.05, 3.63) is 23.3 Å². The molecule has 1 unspecified atom stereocenters. The summed E-state index contributed by atoms with van der Waals surface area (Å²) in [6.45, 7) is 2.07. The molecule has 14 heavy (non-hydrogen) atoms. The van der Waals surface area contributed by atoms with E-state index in [9.17, 15) is 9.59 Å². The number of allylic oxidation sites excluding steroid dienone is 4. The first-order chi connectivity index (χ1) is 6.66. The molecule has 0 aromatic carbocycles. The smallest absolute Gasteiger partial charge is 0.155 e. The molecule has 0 amide bonds. The SMILES string of the molecule is CC12CCC(=O)C=C1CCC=C2C=O. The minimum Gasteiger partial charge on any atom is -0.298 e. The molecule has 2 nitrogen and oxygen atoms in total. The third kappa shape index (κ3) is 1.26. The fraction of sp³-hybridized carbons (Fsp3) is 0.500. The number of hydrogen-bond donors (Lipinski definition) is 0. The van der Waals surface area contributed by atoms with Gasteiger partial charge in [0.2, 0.25) is 0 Å². The van der Waals surface area contributed by atoms with Gasteiger partial charge in [-0.2, -0.15) is 0 Å². The predicted molar refractivity (Wildman–Crippen MR) is 53.8 cm³/mol. The van der Waals surface area contributed by atoms with Crippen LogP contribution in [0.5, 0.6) is 0 Å². The number of fused-ring (bicyclic) bond motifs is 1. The topological polar surface area (TPSA) is 34.1 Å². The molecule has 0 aliphatic heterocycles. The Morgan fingerprint density at radius 1 is 1.43 bits per heavy atom. The molecule has 0 radical (unpaired) electrons. The summed E-state index contributed by atoms with van der Waals surface area (Å²) >= 11 is 0. The van der Waals surface area contributed by atoms with Gasteiger partial charge < -0.3 is 0 Å². The van der Waals surface area contributed by atoms with Crippen LogP contribution in [0.15, 0.2) is 23.3 Å². The lowest BCUT2D eigenvalue weighted by Crippen LogP contribution is -2.30. The Kier molecular flexibility index (Phi) is 2.14. The lowest BCUT2D eigenvalue weighted by molar-refractivity contribution is -0.116. The lowest BCUT2D eigenvalue weighted by atomic mass is 9.65. The fourth-order valence-electron chi connectivity index (χ4n) is 2.42. The summed E-state index contributed by atoms with van der Waals surface area (Å²) in [5.41, 5.74) is 1.87. The number of carbonyl (C=O) groups excluding carboxylic acids is 2. The van der Waals surface area contributed by atoms with Crippen LogP contribution >= 0.6 is 0 Å². The summed E-state index contributed by atoms with van der Waals surface area (Å²) in [7, 11) is 0. The van der Waals surface area contributed by atoms with Crippen LogP contribution in [0.4, 0.5) is 0 Å². The second kappa shape index (κ2) is 3.19. The molecule has 0 bridgehead atoms. The van der Waals surface area contributed by atoms with Crippen molar-refractivity contribution in [3.63, 3.8) is 0 Å². The Labute approximate surface area is 83.7 Å². The largest absolute Gasteiger partial charge is 0.298 e. The van der Waals surface area contributed by atoms with E-state index in [4.69, 9.17) is 0 Å². The van der Waals surface area contributed by atoms with Crippen LogP contribution in [0.1, 0.15) is 32.6 Å². The maximum atomic E-state index is 11.3. The van der Waals surface area contributed by atoms with Gasteiger partial charge in [0.25, 0.3) is 0 Å². The number of hydrogen-bond acceptors (Lipinski definition) is 2. The third-order valence-electron chi connectivity index (χ3n) is 3.46. The van der Waals surface area contributed by atoms with Crippen LogP contribution in [0.25, 0.3) is 0 Å². The van der Waals surface area contributed by atoms with E-state index in [0.29, 0.717) is 6.42 Å². The molecule has 2 heteroatoms. The van der Waals surface area contributed by atoms with Crippen molar-refractivity contribution < 1.29 is 9.59 Å². The maximum Gasteiger partial charge on any atom is 0.155 e. The highest BCUT2D eigenvalue weighted by Gasteiger charge is 2.37. The zero-order chi connectivity index (χ0) is 10.2. The number of aldehydes is 1. The number of ketones is 1. The molecule has 2 aliphatic rings. The predicted octanol–water partition coefficient (Wildman–Crippen LogP) is 2.20. The first kappa shape index (κ1) is 9.38. The molecule has 1 atom stereocenters. The van der Waals surface area contributed by atoms with Gasteiger partial charge in [-0.25, -0.2) is 0 Å². The quantitative estimate of drug-likeness (QED) is 0.594. The van der Waals surface area contributed by atoms with Gasteiger partial charge in [0.05, 0.1) is 0 Å². The molecule has 0 saturated carbocycles. The van der Waals surface area contributed by atoms with Crippen molar-refractivity contribution in [3.8, 4) is 0 Å². The van der Waals surface area contributed by atoms with Crippen molar-refractivity contribution in [2.24, 2.45) is 5.41 Å². The molecule has 0 spiro atoms. The van der Waals surface area contributed by atoms with Gasteiger partial charge in [-0.05, 0) is 30.9 Å². The molecule has 2 aliphatic carbocycles. The Balaban J connectivity index is 2.46. The van der Waals surface area contributed by atoms with Gasteiger partial charge in [0.1, 0.15) is 6.29 Å². The van der Waals surface area contributed by atoms with E-state index >= 15 is 0 Å². The minimum atomic E-state index is -0.145. The first-order valence-electron chi connectivity index (χ1n) is 5.06. The minimum absolute atomic E-state index is 0.145.